The van der Waals surface area contributed by atoms with Gasteiger partial charge in [-0.25, -0.2) is 9.97 Å². The van der Waals surface area contributed by atoms with Crippen LogP contribution in [0.3, 0.4) is 0 Å². The van der Waals surface area contributed by atoms with E-state index in [1.165, 1.54) is 0 Å². The lowest BCUT2D eigenvalue weighted by atomic mass is 10.3. The molecule has 0 saturated heterocycles. The van der Waals surface area contributed by atoms with Crippen molar-refractivity contribution in [2.24, 2.45) is 0 Å². The molecule has 0 aliphatic carbocycles. The summed E-state index contributed by atoms with van der Waals surface area (Å²) in [5.41, 5.74) is 7.86. The Morgan fingerprint density at radius 1 is 0.500 bits per heavy atom. The van der Waals surface area contributed by atoms with E-state index in [2.05, 4.69) is 50.3 Å². The monoisotopic (exact) mass is 340 g/mol. The first-order chi connectivity index (χ1) is 12.8. The van der Waals surface area contributed by atoms with E-state index >= 15 is 0 Å². The smallest absolute Gasteiger partial charge is 0.0659 e. The van der Waals surface area contributed by atoms with Crippen LogP contribution in [0.2, 0.25) is 0 Å². The molecule has 0 atom stereocenters. The Morgan fingerprint density at radius 2 is 0.846 bits per heavy atom. The molecule has 3 aromatic heterocycles. The highest BCUT2D eigenvalue weighted by Gasteiger charge is 2.02. The van der Waals surface area contributed by atoms with Crippen LogP contribution >= 0.6 is 0 Å². The lowest BCUT2D eigenvalue weighted by molar-refractivity contribution is 1.28. The second-order valence-electron chi connectivity index (χ2n) is 5.91. The molecule has 5 heterocycles. The number of aromatic amines is 2. The van der Waals surface area contributed by atoms with Gasteiger partial charge in [0.1, 0.15) is 0 Å². The lowest BCUT2D eigenvalue weighted by Crippen LogP contribution is -1.77. The van der Waals surface area contributed by atoms with Crippen molar-refractivity contribution in [2.75, 3.05) is 0 Å². The topological polar surface area (TPSA) is 57.4 Å². The molecule has 2 N–H and O–H groups in total. The molecule has 5 rings (SSSR count). The Kier molecular flexibility index (Phi) is 4.23. The maximum atomic E-state index is 4.62. The van der Waals surface area contributed by atoms with E-state index in [4.69, 9.17) is 0 Å². The second-order valence-corrected chi connectivity index (χ2v) is 5.91. The van der Waals surface area contributed by atoms with Gasteiger partial charge >= 0.3 is 0 Å². The first-order valence-corrected chi connectivity index (χ1v) is 8.85. The normalized spacial score (nSPS) is 11.9. The summed E-state index contributed by atoms with van der Waals surface area (Å²) >= 11 is 0. The number of fused-ring (bicyclic) bond motifs is 8. The van der Waals surface area contributed by atoms with Crippen LogP contribution in [-0.2, 0) is 0 Å². The zero-order chi connectivity index (χ0) is 17.9. The van der Waals surface area contributed by atoms with E-state index in [0.717, 1.165) is 44.8 Å². The molecule has 4 nitrogen and oxygen atoms in total. The fourth-order valence-corrected chi connectivity index (χ4v) is 2.94. The first-order valence-electron chi connectivity index (χ1n) is 8.85. The summed E-state index contributed by atoms with van der Waals surface area (Å²) < 4.78 is 0. The molecule has 26 heavy (non-hydrogen) atoms. The van der Waals surface area contributed by atoms with Crippen molar-refractivity contribution in [2.45, 2.75) is 13.8 Å². The molecule has 2 aliphatic rings. The van der Waals surface area contributed by atoms with Gasteiger partial charge in [-0.3, -0.25) is 0 Å². The fourth-order valence-electron chi connectivity index (χ4n) is 2.94. The van der Waals surface area contributed by atoms with E-state index in [-0.39, 0.29) is 0 Å². The van der Waals surface area contributed by atoms with Crippen molar-refractivity contribution in [1.29, 1.82) is 0 Å². The van der Waals surface area contributed by atoms with Crippen molar-refractivity contribution in [1.82, 2.24) is 19.9 Å². The summed E-state index contributed by atoms with van der Waals surface area (Å²) in [5, 5.41) is 0. The maximum Gasteiger partial charge on any atom is 0.0659 e. The van der Waals surface area contributed by atoms with Crippen LogP contribution in [0.15, 0.2) is 48.5 Å². The van der Waals surface area contributed by atoms with E-state index in [0.29, 0.717) is 0 Å². The van der Waals surface area contributed by atoms with Crippen molar-refractivity contribution in [3.05, 3.63) is 71.3 Å². The molecule has 8 bridgehead atoms. The molecule has 0 saturated carbocycles. The average molecular weight is 340 g/mol. The number of hydrogen-bond donors (Lipinski definition) is 2. The van der Waals surface area contributed by atoms with Crippen LogP contribution in [0.25, 0.3) is 46.4 Å². The minimum absolute atomic E-state index is 0.915. The summed E-state index contributed by atoms with van der Waals surface area (Å²) in [6.45, 7) is 4.00. The Labute approximate surface area is 152 Å². The second kappa shape index (κ2) is 6.84. The predicted octanol–water partition coefficient (Wildman–Crippen LogP) is 5.68. The van der Waals surface area contributed by atoms with E-state index in [1.807, 2.05) is 56.4 Å². The molecule has 2 aliphatic heterocycles. The Balaban J connectivity index is 0.000000814. The minimum atomic E-state index is 0.915. The quantitative estimate of drug-likeness (QED) is 0.381. The summed E-state index contributed by atoms with van der Waals surface area (Å²) in [4.78, 5) is 16.0. The number of nitrogens with zero attached hydrogens (tertiary/aromatic N) is 2. The molecule has 0 spiro atoms. The van der Waals surface area contributed by atoms with Gasteiger partial charge in [-0.15, -0.1) is 0 Å². The maximum absolute atomic E-state index is 4.62. The van der Waals surface area contributed by atoms with E-state index < -0.39 is 0 Å². The van der Waals surface area contributed by atoms with Crippen LogP contribution in [-0.4, -0.2) is 19.9 Å². The number of aromatic nitrogens is 4. The third-order valence-electron chi connectivity index (χ3n) is 4.04. The van der Waals surface area contributed by atoms with Crippen molar-refractivity contribution in [3.8, 4) is 0 Å². The molecule has 3 aromatic rings. The summed E-state index contributed by atoms with van der Waals surface area (Å²) in [5.74, 6) is 0. The molecule has 0 amide bonds. The third-order valence-corrected chi connectivity index (χ3v) is 4.04. The highest BCUT2D eigenvalue weighted by molar-refractivity contribution is 5.77. The Morgan fingerprint density at radius 3 is 1.27 bits per heavy atom. The fraction of sp³-hybridized carbons (Fsp3) is 0.0909. The Bertz CT molecular complexity index is 1070. The molecule has 0 radical (unpaired) electrons. The zero-order valence-electron chi connectivity index (χ0n) is 14.8. The van der Waals surface area contributed by atoms with Gasteiger partial charge in [-0.1, -0.05) is 13.8 Å². The van der Waals surface area contributed by atoms with Crippen LogP contribution < -0.4 is 0 Å². The minimum Gasteiger partial charge on any atom is -0.355 e. The van der Waals surface area contributed by atoms with Gasteiger partial charge in [0, 0.05) is 22.1 Å². The number of H-pyrrole nitrogens is 2. The average Bonchev–Trinajstić information content (AvgIpc) is 3.42. The first kappa shape index (κ1) is 16.1. The van der Waals surface area contributed by atoms with Gasteiger partial charge in [0.05, 0.1) is 22.8 Å². The van der Waals surface area contributed by atoms with Gasteiger partial charge in [-0.05, 0) is 72.8 Å². The predicted molar refractivity (Wildman–Crippen MR) is 110 cm³/mol. The summed E-state index contributed by atoms with van der Waals surface area (Å²) in [7, 11) is 0. The van der Waals surface area contributed by atoms with Crippen LogP contribution in [0.5, 0.6) is 0 Å². The molecule has 0 aromatic carbocycles. The highest BCUT2D eigenvalue weighted by atomic mass is 14.8. The molecule has 0 fully saturated rings. The van der Waals surface area contributed by atoms with E-state index in [1.54, 1.807) is 0 Å². The lowest BCUT2D eigenvalue weighted by Gasteiger charge is -1.86. The molecular weight excluding hydrogens is 320 g/mol. The van der Waals surface area contributed by atoms with Crippen molar-refractivity contribution < 1.29 is 0 Å². The third kappa shape index (κ3) is 3.35. The van der Waals surface area contributed by atoms with Gasteiger partial charge < -0.3 is 9.97 Å². The van der Waals surface area contributed by atoms with E-state index in [9.17, 15) is 0 Å². The van der Waals surface area contributed by atoms with Gasteiger partial charge in [0.25, 0.3) is 0 Å². The SMILES string of the molecule is C1=Cc2cc3ccc(cc4ccc(cc5nc(cc1n2)C=C5)[nH]4)[nH]3.CC. The molecule has 0 unspecified atom stereocenters. The van der Waals surface area contributed by atoms with Crippen LogP contribution in [0.4, 0.5) is 0 Å². The molecule has 128 valence electrons. The zero-order valence-corrected chi connectivity index (χ0v) is 14.8. The van der Waals surface area contributed by atoms with Gasteiger partial charge in [0.15, 0.2) is 0 Å². The largest absolute Gasteiger partial charge is 0.355 e. The molecular formula is C22H20N4. The van der Waals surface area contributed by atoms with Gasteiger partial charge in [-0.2, -0.15) is 0 Å². The summed E-state index contributed by atoms with van der Waals surface area (Å²) in [6.07, 6.45) is 8.05. The van der Waals surface area contributed by atoms with Crippen molar-refractivity contribution in [3.63, 3.8) is 0 Å². The number of hydrogen-bond acceptors (Lipinski definition) is 2. The van der Waals surface area contributed by atoms with Crippen LogP contribution in [0.1, 0.15) is 36.6 Å². The highest BCUT2D eigenvalue weighted by Crippen LogP contribution is 2.17. The summed E-state index contributed by atoms with van der Waals surface area (Å²) in [6, 6.07) is 16.4. The van der Waals surface area contributed by atoms with Crippen LogP contribution in [0, 0.1) is 0 Å². The number of nitrogens with one attached hydrogen (secondary N) is 2. The number of rotatable bonds is 0. The molecule has 4 heteroatoms. The standard InChI is InChI=1S/C20H14N4.C2H6/c1-2-14-10-16-5-6-18(23-16)12-20-8-7-19(24-20)11-17-4-3-15(22-17)9-13(1)21-14;1-2/h1-12,21-22H;1-2H3. The van der Waals surface area contributed by atoms with Crippen molar-refractivity contribution >= 4 is 46.4 Å². The van der Waals surface area contributed by atoms with Gasteiger partial charge in [0.2, 0.25) is 0 Å². The Hall–Kier alpha value is -3.40.